The third-order valence-corrected chi connectivity index (χ3v) is 6.86. The summed E-state index contributed by atoms with van der Waals surface area (Å²) >= 11 is 12.0. The highest BCUT2D eigenvalue weighted by molar-refractivity contribution is 6.42. The Morgan fingerprint density at radius 2 is 1.81 bits per heavy atom. The molecule has 8 nitrogen and oxygen atoms in total. The van der Waals surface area contributed by atoms with Crippen molar-refractivity contribution in [2.45, 2.75) is 39.3 Å². The normalized spacial score (nSPS) is 19.6. The maximum atomic E-state index is 10.6. The molecule has 1 aliphatic heterocycles. The molecule has 1 aromatic carbocycles. The van der Waals surface area contributed by atoms with E-state index < -0.39 is 6.23 Å². The Kier molecular flexibility index (Phi) is 6.78. The highest BCUT2D eigenvalue weighted by Crippen LogP contribution is 2.49. The predicted molar refractivity (Wildman–Crippen MR) is 135 cm³/mol. The third-order valence-electron chi connectivity index (χ3n) is 6.13. The van der Waals surface area contributed by atoms with Crippen LogP contribution in [0.4, 0.5) is 17.3 Å². The minimum Gasteiger partial charge on any atom is -0.373 e. The molecule has 1 aromatic heterocycles. The number of aromatic nitrogens is 1. The number of halogens is 2. The van der Waals surface area contributed by atoms with E-state index in [1.54, 1.807) is 25.2 Å². The molecule has 1 atom stereocenters. The second-order valence-electron chi connectivity index (χ2n) is 8.51. The summed E-state index contributed by atoms with van der Waals surface area (Å²) in [6, 6.07) is 8.91. The van der Waals surface area contributed by atoms with E-state index in [2.05, 4.69) is 56.5 Å². The molecule has 2 aromatic rings. The van der Waals surface area contributed by atoms with E-state index >= 15 is 0 Å². The van der Waals surface area contributed by atoms with Gasteiger partial charge in [-0.2, -0.15) is 4.99 Å². The highest BCUT2D eigenvalue weighted by Gasteiger charge is 2.48. The second-order valence-corrected chi connectivity index (χ2v) is 9.32. The number of guanidine groups is 2. The van der Waals surface area contributed by atoms with Crippen LogP contribution in [0.2, 0.25) is 10.0 Å². The summed E-state index contributed by atoms with van der Waals surface area (Å²) in [5.74, 6) is 1.61. The number of hydrogen-bond acceptors (Lipinski definition) is 4. The number of pyridine rings is 1. The summed E-state index contributed by atoms with van der Waals surface area (Å²) in [4.78, 5) is 17.0. The molecule has 0 amide bonds. The summed E-state index contributed by atoms with van der Waals surface area (Å²) in [5.41, 5.74) is 1.00. The van der Waals surface area contributed by atoms with Gasteiger partial charge in [-0.15, -0.1) is 0 Å². The zero-order valence-electron chi connectivity index (χ0n) is 18.7. The number of benzene rings is 1. The number of aliphatic hydroxyl groups is 1. The van der Waals surface area contributed by atoms with Crippen molar-refractivity contribution in [2.75, 3.05) is 23.0 Å². The zero-order chi connectivity index (χ0) is 23.7. The Bertz CT molecular complexity index is 1100. The molecule has 2 heterocycles. The van der Waals surface area contributed by atoms with Crippen molar-refractivity contribution in [3.05, 3.63) is 45.9 Å². The molecule has 170 valence electrons. The van der Waals surface area contributed by atoms with Crippen LogP contribution in [0.1, 0.15) is 33.3 Å². The fourth-order valence-electron chi connectivity index (χ4n) is 3.30. The first-order chi connectivity index (χ1) is 15.0. The SMILES string of the molecule is C=NC(=NC(=NC)Nc1ccc2c(n1)NC(O)C(C)(C)C2(C)C)Nc1ccc(Cl)c(Cl)c1. The van der Waals surface area contributed by atoms with E-state index in [4.69, 9.17) is 23.2 Å². The Labute approximate surface area is 197 Å². The molecule has 3 rings (SSSR count). The first kappa shape index (κ1) is 24.0. The van der Waals surface area contributed by atoms with Gasteiger partial charge in [-0.25, -0.2) is 9.98 Å². The largest absolute Gasteiger partial charge is 0.373 e. The average molecular weight is 476 g/mol. The van der Waals surface area contributed by atoms with Crippen LogP contribution in [0.5, 0.6) is 0 Å². The van der Waals surface area contributed by atoms with Gasteiger partial charge in [-0.3, -0.25) is 4.99 Å². The fraction of sp³-hybridized carbons (Fsp3) is 0.364. The number of anilines is 3. The van der Waals surface area contributed by atoms with E-state index in [1.165, 1.54) is 0 Å². The van der Waals surface area contributed by atoms with Gasteiger partial charge in [-0.05, 0) is 31.0 Å². The van der Waals surface area contributed by atoms with Gasteiger partial charge < -0.3 is 21.1 Å². The summed E-state index contributed by atoms with van der Waals surface area (Å²) in [6.07, 6.45) is -0.739. The number of aliphatic hydroxyl groups excluding tert-OH is 1. The lowest BCUT2D eigenvalue weighted by Crippen LogP contribution is -2.53. The number of nitrogens with zero attached hydrogens (tertiary/aromatic N) is 4. The van der Waals surface area contributed by atoms with Crippen molar-refractivity contribution in [3.8, 4) is 0 Å². The average Bonchev–Trinajstić information content (AvgIpc) is 2.74. The van der Waals surface area contributed by atoms with Crippen LogP contribution in [0.25, 0.3) is 0 Å². The molecule has 10 heteroatoms. The maximum absolute atomic E-state index is 10.6. The minimum atomic E-state index is -0.739. The minimum absolute atomic E-state index is 0.214. The molecule has 4 N–H and O–H groups in total. The Morgan fingerprint density at radius 1 is 1.09 bits per heavy atom. The van der Waals surface area contributed by atoms with Gasteiger partial charge in [0.15, 0.2) is 0 Å². The summed E-state index contributed by atoms with van der Waals surface area (Å²) in [5, 5.41) is 20.6. The molecule has 1 unspecified atom stereocenters. The highest BCUT2D eigenvalue weighted by atomic mass is 35.5. The monoisotopic (exact) mass is 475 g/mol. The Balaban J connectivity index is 1.83. The van der Waals surface area contributed by atoms with E-state index in [0.717, 1.165) is 5.56 Å². The number of aliphatic imine (C=N–C) groups is 3. The Morgan fingerprint density at radius 3 is 2.44 bits per heavy atom. The van der Waals surface area contributed by atoms with Crippen LogP contribution in [-0.4, -0.2) is 42.0 Å². The third kappa shape index (κ3) is 4.57. The van der Waals surface area contributed by atoms with Crippen molar-refractivity contribution in [1.29, 1.82) is 0 Å². The Hall–Kier alpha value is -2.68. The van der Waals surface area contributed by atoms with Gasteiger partial charge in [0.25, 0.3) is 0 Å². The number of fused-ring (bicyclic) bond motifs is 1. The molecule has 0 radical (unpaired) electrons. The van der Waals surface area contributed by atoms with Crippen LogP contribution >= 0.6 is 23.2 Å². The van der Waals surface area contributed by atoms with Crippen molar-refractivity contribution in [3.63, 3.8) is 0 Å². The summed E-state index contributed by atoms with van der Waals surface area (Å²) < 4.78 is 0. The molecule has 0 aliphatic carbocycles. The van der Waals surface area contributed by atoms with Gasteiger partial charge in [0, 0.05) is 29.1 Å². The number of rotatable bonds is 2. The van der Waals surface area contributed by atoms with E-state index in [9.17, 15) is 5.11 Å². The van der Waals surface area contributed by atoms with Crippen molar-refractivity contribution in [2.24, 2.45) is 20.4 Å². The first-order valence-corrected chi connectivity index (χ1v) is 10.7. The van der Waals surface area contributed by atoms with E-state index in [-0.39, 0.29) is 22.7 Å². The lowest BCUT2D eigenvalue weighted by atomic mass is 9.61. The molecule has 0 saturated carbocycles. The standard InChI is InChI=1S/C22H27Cl2N7O/c1-21(2)13-8-10-16(28-17(13)30-18(32)22(21,3)4)29-20(26-6)31-19(25-5)27-12-7-9-14(23)15(24)11-12/h7-11,18,32H,5H2,1-4,6H3,(H3,26,27,28,29,30,31). The van der Waals surface area contributed by atoms with Gasteiger partial charge in [0.1, 0.15) is 17.9 Å². The molecular weight excluding hydrogens is 449 g/mol. The van der Waals surface area contributed by atoms with Gasteiger partial charge in [0.2, 0.25) is 11.9 Å². The van der Waals surface area contributed by atoms with Crippen molar-refractivity contribution < 1.29 is 5.11 Å². The number of hydrogen-bond donors (Lipinski definition) is 4. The molecule has 0 bridgehead atoms. The summed E-state index contributed by atoms with van der Waals surface area (Å²) in [6.45, 7) is 11.8. The quantitative estimate of drug-likeness (QED) is 0.361. The van der Waals surface area contributed by atoms with E-state index in [1.807, 2.05) is 26.0 Å². The van der Waals surface area contributed by atoms with Gasteiger partial charge in [0.05, 0.1) is 10.0 Å². The summed E-state index contributed by atoms with van der Waals surface area (Å²) in [7, 11) is 1.59. The fourth-order valence-corrected chi connectivity index (χ4v) is 3.59. The molecule has 0 saturated heterocycles. The van der Waals surface area contributed by atoms with Crippen LogP contribution in [-0.2, 0) is 5.41 Å². The maximum Gasteiger partial charge on any atom is 0.229 e. The molecule has 1 aliphatic rings. The van der Waals surface area contributed by atoms with Gasteiger partial charge >= 0.3 is 0 Å². The van der Waals surface area contributed by atoms with Crippen LogP contribution in [0.3, 0.4) is 0 Å². The smallest absolute Gasteiger partial charge is 0.229 e. The number of nitrogens with one attached hydrogen (secondary N) is 3. The topological polar surface area (TPSA) is 106 Å². The van der Waals surface area contributed by atoms with E-state index in [0.29, 0.717) is 27.4 Å². The van der Waals surface area contributed by atoms with Crippen LogP contribution < -0.4 is 16.0 Å². The first-order valence-electron chi connectivity index (χ1n) is 9.97. The molecule has 0 fully saturated rings. The molecule has 0 spiro atoms. The van der Waals surface area contributed by atoms with Crippen LogP contribution in [0, 0.1) is 5.41 Å². The molecular formula is C22H27Cl2N7O. The second kappa shape index (κ2) is 9.05. The van der Waals surface area contributed by atoms with Gasteiger partial charge in [-0.1, -0.05) is 57.0 Å². The predicted octanol–water partition coefficient (Wildman–Crippen LogP) is 5.00. The lowest BCUT2D eigenvalue weighted by Gasteiger charge is -2.49. The van der Waals surface area contributed by atoms with Crippen LogP contribution in [0.15, 0.2) is 45.3 Å². The molecule has 32 heavy (non-hydrogen) atoms. The van der Waals surface area contributed by atoms with Crippen molar-refractivity contribution in [1.82, 2.24) is 4.98 Å². The van der Waals surface area contributed by atoms with Crippen molar-refractivity contribution >= 4 is 59.2 Å². The lowest BCUT2D eigenvalue weighted by molar-refractivity contribution is 0.0117. The zero-order valence-corrected chi connectivity index (χ0v) is 20.2.